The lowest BCUT2D eigenvalue weighted by molar-refractivity contribution is -0.132. The number of ether oxygens (including phenoxy) is 1. The highest BCUT2D eigenvalue weighted by Gasteiger charge is 2.47. The van der Waals surface area contributed by atoms with E-state index >= 15 is 0 Å². The summed E-state index contributed by atoms with van der Waals surface area (Å²) >= 11 is 0. The molecule has 0 aliphatic carbocycles. The van der Waals surface area contributed by atoms with Crippen LogP contribution in [0.1, 0.15) is 35.2 Å². The van der Waals surface area contributed by atoms with Crippen molar-refractivity contribution in [1.29, 1.82) is 0 Å². The summed E-state index contributed by atoms with van der Waals surface area (Å²) in [5.41, 5.74) is 2.89. The summed E-state index contributed by atoms with van der Waals surface area (Å²) in [4.78, 5) is 27.6. The SMILES string of the molecule is CCOc1ccc(/C(O)=C2\C(=O)C(=O)N(c3cccc(F)c3)C2c2ccccc2C)cc1C. The Bertz CT molecular complexity index is 1280. The van der Waals surface area contributed by atoms with E-state index < -0.39 is 23.5 Å². The second-order valence-electron chi connectivity index (χ2n) is 7.92. The van der Waals surface area contributed by atoms with Crippen LogP contribution in [0.5, 0.6) is 5.75 Å². The van der Waals surface area contributed by atoms with Gasteiger partial charge in [0.15, 0.2) is 0 Å². The van der Waals surface area contributed by atoms with Crippen molar-refractivity contribution in [3.63, 3.8) is 0 Å². The van der Waals surface area contributed by atoms with E-state index in [0.29, 0.717) is 23.5 Å². The van der Waals surface area contributed by atoms with Crippen molar-refractivity contribution in [1.82, 2.24) is 0 Å². The summed E-state index contributed by atoms with van der Waals surface area (Å²) in [7, 11) is 0. The molecular weight excluding hydrogens is 421 g/mol. The number of aliphatic hydroxyl groups excluding tert-OH is 1. The van der Waals surface area contributed by atoms with Crippen molar-refractivity contribution in [2.75, 3.05) is 11.5 Å². The number of hydrogen-bond donors (Lipinski definition) is 1. The number of aryl methyl sites for hydroxylation is 2. The molecule has 0 radical (unpaired) electrons. The molecule has 3 aromatic carbocycles. The van der Waals surface area contributed by atoms with Gasteiger partial charge in [-0.25, -0.2) is 4.39 Å². The van der Waals surface area contributed by atoms with Crippen LogP contribution in [-0.2, 0) is 9.59 Å². The number of halogens is 1. The first kappa shape index (κ1) is 22.3. The quantitative estimate of drug-likeness (QED) is 0.321. The lowest BCUT2D eigenvalue weighted by Gasteiger charge is -2.26. The smallest absolute Gasteiger partial charge is 0.300 e. The van der Waals surface area contributed by atoms with Crippen molar-refractivity contribution in [2.24, 2.45) is 0 Å². The molecule has 0 aromatic heterocycles. The number of aliphatic hydroxyl groups is 1. The molecule has 4 rings (SSSR count). The summed E-state index contributed by atoms with van der Waals surface area (Å²) in [6.07, 6.45) is 0. The fraction of sp³-hybridized carbons (Fsp3) is 0.185. The minimum absolute atomic E-state index is 0.0397. The van der Waals surface area contributed by atoms with Crippen molar-refractivity contribution < 1.29 is 23.8 Å². The summed E-state index contributed by atoms with van der Waals surface area (Å²) in [6, 6.07) is 17.0. The lowest BCUT2D eigenvalue weighted by atomic mass is 9.92. The molecule has 1 heterocycles. The first-order chi connectivity index (χ1) is 15.8. The average Bonchev–Trinajstić information content (AvgIpc) is 3.05. The van der Waals surface area contributed by atoms with E-state index in [0.717, 1.165) is 11.1 Å². The molecule has 5 nitrogen and oxygen atoms in total. The zero-order chi connectivity index (χ0) is 23.7. The number of amides is 1. The molecule has 0 bridgehead atoms. The molecule has 6 heteroatoms. The van der Waals surface area contributed by atoms with Gasteiger partial charge in [0.1, 0.15) is 17.3 Å². The van der Waals surface area contributed by atoms with Crippen LogP contribution >= 0.6 is 0 Å². The zero-order valence-electron chi connectivity index (χ0n) is 18.6. The van der Waals surface area contributed by atoms with E-state index in [1.54, 1.807) is 36.4 Å². The van der Waals surface area contributed by atoms with E-state index in [1.807, 2.05) is 32.9 Å². The van der Waals surface area contributed by atoms with Crippen LogP contribution in [-0.4, -0.2) is 23.4 Å². The number of Topliss-reactive ketones (excluding diaryl/α,β-unsaturated/α-hetero) is 1. The van der Waals surface area contributed by atoms with Gasteiger partial charge in [0.25, 0.3) is 11.7 Å². The van der Waals surface area contributed by atoms with E-state index in [1.165, 1.54) is 23.1 Å². The highest BCUT2D eigenvalue weighted by molar-refractivity contribution is 6.51. The van der Waals surface area contributed by atoms with E-state index in [2.05, 4.69) is 0 Å². The molecular formula is C27H24FNO4. The normalized spacial score (nSPS) is 17.5. The van der Waals surface area contributed by atoms with Crippen molar-refractivity contribution in [3.8, 4) is 5.75 Å². The molecule has 168 valence electrons. The van der Waals surface area contributed by atoms with Gasteiger partial charge in [-0.2, -0.15) is 0 Å². The molecule has 1 atom stereocenters. The van der Waals surface area contributed by atoms with E-state index in [9.17, 15) is 19.1 Å². The number of rotatable bonds is 5. The van der Waals surface area contributed by atoms with Crippen LogP contribution < -0.4 is 9.64 Å². The maximum absolute atomic E-state index is 14.0. The number of ketones is 1. The van der Waals surface area contributed by atoms with Crippen LogP contribution in [0.2, 0.25) is 0 Å². The summed E-state index contributed by atoms with van der Waals surface area (Å²) in [5.74, 6) is -1.79. The fourth-order valence-corrected chi connectivity index (χ4v) is 4.18. The van der Waals surface area contributed by atoms with E-state index in [-0.39, 0.29) is 17.0 Å². The maximum Gasteiger partial charge on any atom is 0.300 e. The van der Waals surface area contributed by atoms with E-state index in [4.69, 9.17) is 4.74 Å². The maximum atomic E-state index is 14.0. The molecule has 1 aliphatic rings. The molecule has 3 aromatic rings. The Morgan fingerprint density at radius 3 is 2.42 bits per heavy atom. The Balaban J connectivity index is 1.94. The molecule has 1 N–H and O–H groups in total. The zero-order valence-corrected chi connectivity index (χ0v) is 18.6. The Labute approximate surface area is 191 Å². The van der Waals surface area contributed by atoms with Gasteiger partial charge >= 0.3 is 0 Å². The Morgan fingerprint density at radius 2 is 1.76 bits per heavy atom. The van der Waals surface area contributed by atoms with Crippen molar-refractivity contribution >= 4 is 23.1 Å². The Hall–Kier alpha value is -3.93. The van der Waals surface area contributed by atoms with Crippen molar-refractivity contribution in [3.05, 3.63) is 100 Å². The van der Waals surface area contributed by atoms with Crippen LogP contribution in [0.3, 0.4) is 0 Å². The summed E-state index contributed by atoms with van der Waals surface area (Å²) in [5, 5.41) is 11.3. The van der Waals surface area contributed by atoms with Gasteiger partial charge in [0, 0.05) is 11.3 Å². The van der Waals surface area contributed by atoms with Gasteiger partial charge in [0.05, 0.1) is 18.2 Å². The first-order valence-electron chi connectivity index (χ1n) is 10.7. The van der Waals surface area contributed by atoms with Crippen LogP contribution in [0.15, 0.2) is 72.3 Å². The third-order valence-corrected chi connectivity index (χ3v) is 5.76. The minimum Gasteiger partial charge on any atom is -0.507 e. The predicted octanol–water partition coefficient (Wildman–Crippen LogP) is 5.47. The number of anilines is 1. The van der Waals surface area contributed by atoms with Gasteiger partial charge < -0.3 is 9.84 Å². The largest absolute Gasteiger partial charge is 0.507 e. The van der Waals surface area contributed by atoms with Gasteiger partial charge in [-0.3, -0.25) is 14.5 Å². The molecule has 1 unspecified atom stereocenters. The topological polar surface area (TPSA) is 66.8 Å². The number of nitrogens with zero attached hydrogens (tertiary/aromatic N) is 1. The monoisotopic (exact) mass is 445 g/mol. The van der Waals surface area contributed by atoms with Crippen LogP contribution in [0, 0.1) is 19.7 Å². The van der Waals surface area contributed by atoms with Gasteiger partial charge in [0.2, 0.25) is 0 Å². The molecule has 0 spiro atoms. The molecule has 1 fully saturated rings. The minimum atomic E-state index is -0.903. The third kappa shape index (κ3) is 4.00. The lowest BCUT2D eigenvalue weighted by Crippen LogP contribution is -2.29. The molecule has 1 amide bonds. The molecule has 0 saturated carbocycles. The van der Waals surface area contributed by atoms with Gasteiger partial charge in [-0.15, -0.1) is 0 Å². The van der Waals surface area contributed by atoms with Crippen LogP contribution in [0.4, 0.5) is 10.1 Å². The number of hydrogen-bond acceptors (Lipinski definition) is 4. The highest BCUT2D eigenvalue weighted by atomic mass is 19.1. The molecule has 1 aliphatic heterocycles. The number of benzene rings is 3. The Morgan fingerprint density at radius 1 is 1.00 bits per heavy atom. The number of carbonyl (C=O) groups excluding carboxylic acids is 2. The van der Waals surface area contributed by atoms with Gasteiger partial charge in [-0.1, -0.05) is 30.3 Å². The third-order valence-electron chi connectivity index (χ3n) is 5.76. The molecule has 1 saturated heterocycles. The number of carbonyl (C=O) groups is 2. The predicted molar refractivity (Wildman–Crippen MR) is 125 cm³/mol. The highest BCUT2D eigenvalue weighted by Crippen LogP contribution is 2.43. The fourth-order valence-electron chi connectivity index (χ4n) is 4.18. The Kier molecular flexibility index (Phi) is 6.01. The summed E-state index contributed by atoms with van der Waals surface area (Å²) < 4.78 is 19.6. The summed E-state index contributed by atoms with van der Waals surface area (Å²) in [6.45, 7) is 6.08. The molecule has 33 heavy (non-hydrogen) atoms. The second kappa shape index (κ2) is 8.90. The standard InChI is InChI=1S/C27H24FNO4/c1-4-33-22-13-12-18(14-17(22)3)25(30)23-24(21-11-6-5-8-16(21)2)29(27(32)26(23)31)20-10-7-9-19(28)15-20/h5-15,24,30H,4H2,1-3H3/b25-23+. The second-order valence-corrected chi connectivity index (χ2v) is 7.92. The van der Waals surface area contributed by atoms with Gasteiger partial charge in [-0.05, 0) is 73.9 Å². The average molecular weight is 445 g/mol. The van der Waals surface area contributed by atoms with Crippen LogP contribution in [0.25, 0.3) is 5.76 Å². The first-order valence-corrected chi connectivity index (χ1v) is 10.7. The van der Waals surface area contributed by atoms with Crippen molar-refractivity contribution in [2.45, 2.75) is 26.8 Å².